The van der Waals surface area contributed by atoms with Crippen LogP contribution in [0.4, 0.5) is 10.8 Å². The normalized spacial score (nSPS) is 10.8. The summed E-state index contributed by atoms with van der Waals surface area (Å²) in [6.45, 7) is 0. The molecular weight excluding hydrogens is 410 g/mol. The molecule has 1 N–H and O–H groups in total. The number of methoxy groups -OCH3 is 2. The average molecular weight is 428 g/mol. The molecule has 0 spiro atoms. The molecule has 0 atom stereocenters. The van der Waals surface area contributed by atoms with Crippen LogP contribution in [0.1, 0.15) is 5.56 Å². The standard InChI is InChI=1S/C20H17N3O4S2/c1-25-14-5-3-4-13(9-14)21-19-22-23-20(29-19)28-11-12-8-18(24)27-17-10-15(26-2)6-7-16(12)17/h3-10H,11H2,1-2H3,(H,21,22). The van der Waals surface area contributed by atoms with Crippen LogP contribution in [0, 0.1) is 0 Å². The molecular formula is C20H17N3O4S2. The summed E-state index contributed by atoms with van der Waals surface area (Å²) in [6, 6.07) is 14.6. The number of benzene rings is 2. The average Bonchev–Trinajstić information content (AvgIpc) is 3.18. The van der Waals surface area contributed by atoms with Gasteiger partial charge < -0.3 is 19.2 Å². The molecule has 148 valence electrons. The zero-order chi connectivity index (χ0) is 20.2. The van der Waals surface area contributed by atoms with Crippen LogP contribution < -0.4 is 20.4 Å². The summed E-state index contributed by atoms with van der Waals surface area (Å²) < 4.78 is 16.5. The van der Waals surface area contributed by atoms with E-state index in [9.17, 15) is 4.79 Å². The number of nitrogens with one attached hydrogen (secondary N) is 1. The molecule has 2 heterocycles. The minimum absolute atomic E-state index is 0.390. The molecule has 0 unspecified atom stereocenters. The van der Waals surface area contributed by atoms with E-state index in [2.05, 4.69) is 15.5 Å². The molecule has 0 aliphatic rings. The predicted octanol–water partition coefficient (Wildman–Crippen LogP) is 4.70. The number of ether oxygens (including phenoxy) is 2. The van der Waals surface area contributed by atoms with Crippen LogP contribution in [0.25, 0.3) is 11.0 Å². The molecule has 29 heavy (non-hydrogen) atoms. The van der Waals surface area contributed by atoms with E-state index in [4.69, 9.17) is 13.9 Å². The molecule has 2 aromatic carbocycles. The van der Waals surface area contributed by atoms with Crippen molar-refractivity contribution >= 4 is 44.9 Å². The number of fused-ring (bicyclic) bond motifs is 1. The second-order valence-corrected chi connectivity index (χ2v) is 8.17. The van der Waals surface area contributed by atoms with Crippen molar-refractivity contribution in [3.05, 3.63) is 64.5 Å². The van der Waals surface area contributed by atoms with Gasteiger partial charge in [-0.3, -0.25) is 0 Å². The number of hydrogen-bond donors (Lipinski definition) is 1. The maximum absolute atomic E-state index is 11.9. The summed E-state index contributed by atoms with van der Waals surface area (Å²) in [7, 11) is 3.20. The molecule has 0 saturated heterocycles. The quantitative estimate of drug-likeness (QED) is 0.336. The first-order valence-corrected chi connectivity index (χ1v) is 10.4. The summed E-state index contributed by atoms with van der Waals surface area (Å²) in [5.41, 5.74) is 1.86. The Kier molecular flexibility index (Phi) is 5.68. The Hall–Kier alpha value is -3.04. The van der Waals surface area contributed by atoms with E-state index >= 15 is 0 Å². The molecule has 0 saturated carbocycles. The van der Waals surface area contributed by atoms with Gasteiger partial charge in [0.1, 0.15) is 17.1 Å². The van der Waals surface area contributed by atoms with Gasteiger partial charge in [-0.05, 0) is 29.8 Å². The second kappa shape index (κ2) is 8.54. The topological polar surface area (TPSA) is 86.5 Å². The van der Waals surface area contributed by atoms with Crippen LogP contribution >= 0.6 is 23.1 Å². The molecule has 7 nitrogen and oxygen atoms in total. The van der Waals surface area contributed by atoms with E-state index in [-0.39, 0.29) is 5.63 Å². The Bertz CT molecular complexity index is 1210. The highest BCUT2D eigenvalue weighted by atomic mass is 32.2. The van der Waals surface area contributed by atoms with Crippen molar-refractivity contribution in [2.45, 2.75) is 10.1 Å². The van der Waals surface area contributed by atoms with Crippen LogP contribution in [0.15, 0.2) is 62.1 Å². The zero-order valence-corrected chi connectivity index (χ0v) is 17.3. The Labute approximate surface area is 174 Å². The predicted molar refractivity (Wildman–Crippen MR) is 115 cm³/mol. The van der Waals surface area contributed by atoms with Crippen LogP contribution in [-0.2, 0) is 5.75 Å². The molecule has 0 radical (unpaired) electrons. The monoisotopic (exact) mass is 427 g/mol. The highest BCUT2D eigenvalue weighted by molar-refractivity contribution is 8.00. The van der Waals surface area contributed by atoms with E-state index in [0.29, 0.717) is 22.2 Å². The Morgan fingerprint density at radius 1 is 1.07 bits per heavy atom. The van der Waals surface area contributed by atoms with Crippen molar-refractivity contribution in [3.63, 3.8) is 0 Å². The Balaban J connectivity index is 1.49. The Morgan fingerprint density at radius 2 is 1.90 bits per heavy atom. The van der Waals surface area contributed by atoms with Gasteiger partial charge in [0.05, 0.1) is 14.2 Å². The van der Waals surface area contributed by atoms with Gasteiger partial charge in [0, 0.05) is 35.0 Å². The number of nitrogens with zero attached hydrogens (tertiary/aromatic N) is 2. The minimum Gasteiger partial charge on any atom is -0.497 e. The third kappa shape index (κ3) is 4.52. The summed E-state index contributed by atoms with van der Waals surface area (Å²) in [4.78, 5) is 11.9. The number of rotatable bonds is 7. The van der Waals surface area contributed by atoms with E-state index < -0.39 is 0 Å². The van der Waals surface area contributed by atoms with Gasteiger partial charge in [-0.15, -0.1) is 10.2 Å². The highest BCUT2D eigenvalue weighted by Gasteiger charge is 2.10. The van der Waals surface area contributed by atoms with Gasteiger partial charge >= 0.3 is 5.63 Å². The smallest absolute Gasteiger partial charge is 0.336 e. The van der Waals surface area contributed by atoms with Crippen molar-refractivity contribution < 1.29 is 13.9 Å². The van der Waals surface area contributed by atoms with Gasteiger partial charge in [0.25, 0.3) is 0 Å². The number of hydrogen-bond acceptors (Lipinski definition) is 9. The van der Waals surface area contributed by atoms with Crippen molar-refractivity contribution in [2.75, 3.05) is 19.5 Å². The SMILES string of the molecule is COc1cccc(Nc2nnc(SCc3cc(=O)oc4cc(OC)ccc34)s2)c1. The maximum Gasteiger partial charge on any atom is 0.336 e. The third-order valence-electron chi connectivity index (χ3n) is 4.12. The third-order valence-corrected chi connectivity index (χ3v) is 6.14. The van der Waals surface area contributed by atoms with Crippen LogP contribution in [-0.4, -0.2) is 24.4 Å². The molecule has 0 fully saturated rings. The van der Waals surface area contributed by atoms with Gasteiger partial charge in [-0.2, -0.15) is 0 Å². The number of aromatic nitrogens is 2. The largest absolute Gasteiger partial charge is 0.497 e. The van der Waals surface area contributed by atoms with Gasteiger partial charge in [-0.25, -0.2) is 4.79 Å². The molecule has 0 aliphatic heterocycles. The van der Waals surface area contributed by atoms with Crippen molar-refractivity contribution in [3.8, 4) is 11.5 Å². The lowest BCUT2D eigenvalue weighted by Gasteiger charge is -2.06. The summed E-state index contributed by atoms with van der Waals surface area (Å²) >= 11 is 2.96. The van der Waals surface area contributed by atoms with Crippen LogP contribution in [0.2, 0.25) is 0 Å². The van der Waals surface area contributed by atoms with Crippen molar-refractivity contribution in [1.29, 1.82) is 0 Å². The fraction of sp³-hybridized carbons (Fsp3) is 0.150. The number of thioether (sulfide) groups is 1. The van der Waals surface area contributed by atoms with Crippen molar-refractivity contribution in [2.24, 2.45) is 0 Å². The van der Waals surface area contributed by atoms with Crippen molar-refractivity contribution in [1.82, 2.24) is 10.2 Å². The Morgan fingerprint density at radius 3 is 2.72 bits per heavy atom. The minimum atomic E-state index is -0.390. The molecule has 4 rings (SSSR count). The highest BCUT2D eigenvalue weighted by Crippen LogP contribution is 2.32. The molecule has 2 aromatic heterocycles. The lowest BCUT2D eigenvalue weighted by atomic mass is 10.1. The zero-order valence-electron chi connectivity index (χ0n) is 15.7. The van der Waals surface area contributed by atoms with Gasteiger partial charge in [-0.1, -0.05) is 29.2 Å². The second-order valence-electron chi connectivity index (χ2n) is 5.97. The molecule has 0 amide bonds. The first-order chi connectivity index (χ1) is 14.1. The first-order valence-electron chi connectivity index (χ1n) is 8.63. The fourth-order valence-electron chi connectivity index (χ4n) is 2.74. The lowest BCUT2D eigenvalue weighted by molar-refractivity contribution is 0.414. The van der Waals surface area contributed by atoms with E-state index in [0.717, 1.165) is 26.7 Å². The first kappa shape index (κ1) is 19.3. The van der Waals surface area contributed by atoms with Gasteiger partial charge in [0.2, 0.25) is 5.13 Å². The summed E-state index contributed by atoms with van der Waals surface area (Å²) in [5.74, 6) is 1.98. The molecule has 9 heteroatoms. The summed E-state index contributed by atoms with van der Waals surface area (Å²) in [6.07, 6.45) is 0. The molecule has 0 bridgehead atoms. The van der Waals surface area contributed by atoms with E-state index in [1.807, 2.05) is 36.4 Å². The lowest BCUT2D eigenvalue weighted by Crippen LogP contribution is -2.00. The summed E-state index contributed by atoms with van der Waals surface area (Å²) in [5, 5.41) is 13.2. The maximum atomic E-state index is 11.9. The fourth-order valence-corrected chi connectivity index (χ4v) is 4.50. The van der Waals surface area contributed by atoms with Crippen LogP contribution in [0.3, 0.4) is 0 Å². The van der Waals surface area contributed by atoms with Crippen LogP contribution in [0.5, 0.6) is 11.5 Å². The van der Waals surface area contributed by atoms with E-state index in [1.165, 1.54) is 29.2 Å². The molecule has 4 aromatic rings. The number of anilines is 2. The molecule has 0 aliphatic carbocycles. The van der Waals surface area contributed by atoms with E-state index in [1.54, 1.807) is 20.3 Å². The van der Waals surface area contributed by atoms with Gasteiger partial charge in [0.15, 0.2) is 4.34 Å².